The van der Waals surface area contributed by atoms with Crippen LogP contribution in [0.25, 0.3) is 0 Å². The van der Waals surface area contributed by atoms with Crippen LogP contribution < -0.4 is 10.1 Å². The molecule has 3 aromatic rings. The summed E-state index contributed by atoms with van der Waals surface area (Å²) in [4.78, 5) is 17.3. The average molecular weight is 623 g/mol. The van der Waals surface area contributed by atoms with Gasteiger partial charge in [-0.05, 0) is 104 Å². The zero-order valence-corrected chi connectivity index (χ0v) is 26.4. The van der Waals surface area contributed by atoms with Crippen molar-refractivity contribution in [1.29, 1.82) is 0 Å². The number of halogens is 3. The molecular formula is C36H41ClF2N2O3. The smallest absolute Gasteiger partial charge is 0.331 e. The Balaban J connectivity index is 1.21. The first-order valence-electron chi connectivity index (χ1n) is 15.8. The van der Waals surface area contributed by atoms with E-state index in [0.717, 1.165) is 31.4 Å². The van der Waals surface area contributed by atoms with E-state index in [-0.39, 0.29) is 35.3 Å². The molecule has 44 heavy (non-hydrogen) atoms. The van der Waals surface area contributed by atoms with E-state index >= 15 is 0 Å². The molecule has 0 radical (unpaired) electrons. The number of nitrogens with one attached hydrogen (secondary N) is 1. The number of anilines is 1. The SMILES string of the molecule is COC(=O)C1(Nc2cccc(Cl)c2)CCC2(CC1)c1ccccc1C[C@@H]2C[C@@H](C)COc1ccnc2c1[C@H](C)CCC2(F)F. The molecule has 234 valence electrons. The van der Waals surface area contributed by atoms with Crippen LogP contribution in [0, 0.1) is 11.8 Å². The molecule has 2 aromatic carbocycles. The molecule has 1 spiro atoms. The fraction of sp³-hybridized carbons (Fsp3) is 0.500. The normalized spacial score (nSPS) is 25.5. The second-order valence-electron chi connectivity index (χ2n) is 13.3. The number of pyridine rings is 1. The summed E-state index contributed by atoms with van der Waals surface area (Å²) in [6.07, 6.45) is 6.55. The standard InChI is InChI=1S/C36H41ClF2N2O3/c1-23(22-44-30-12-18-40-32-31(30)24(2)11-13-36(32,38)39)19-26-20-25-7-4-5-10-29(25)34(26)14-16-35(17-15-34,33(42)43-3)41-28-9-6-8-27(37)21-28/h4-10,12,18,21,23-24,26,41H,11,13-17,19-20,22H2,1-3H3/t23-,24-,26+,34?,35?/m1/s1. The molecule has 3 atom stereocenters. The lowest BCUT2D eigenvalue weighted by atomic mass is 9.59. The second kappa shape index (κ2) is 12.0. The first-order valence-corrected chi connectivity index (χ1v) is 16.2. The van der Waals surface area contributed by atoms with Crippen LogP contribution in [0.1, 0.15) is 87.1 Å². The van der Waals surface area contributed by atoms with Crippen molar-refractivity contribution in [3.63, 3.8) is 0 Å². The molecule has 0 amide bonds. The summed E-state index contributed by atoms with van der Waals surface area (Å²) in [6.45, 7) is 4.61. The number of ether oxygens (including phenoxy) is 2. The minimum absolute atomic E-state index is 0.0194. The topological polar surface area (TPSA) is 60.5 Å². The van der Waals surface area contributed by atoms with Crippen molar-refractivity contribution in [3.8, 4) is 5.75 Å². The molecule has 0 bridgehead atoms. The van der Waals surface area contributed by atoms with Gasteiger partial charge in [0.05, 0.1) is 13.7 Å². The highest BCUT2D eigenvalue weighted by Gasteiger charge is 2.54. The maximum Gasteiger partial charge on any atom is 0.331 e. The summed E-state index contributed by atoms with van der Waals surface area (Å²) < 4.78 is 41.0. The van der Waals surface area contributed by atoms with E-state index in [0.29, 0.717) is 48.1 Å². The molecular weight excluding hydrogens is 582 g/mol. The number of carbonyl (C=O) groups excluding carboxylic acids is 1. The van der Waals surface area contributed by atoms with Crippen LogP contribution in [0.3, 0.4) is 0 Å². The number of nitrogens with zero attached hydrogens (tertiary/aromatic N) is 1. The molecule has 1 heterocycles. The number of esters is 1. The van der Waals surface area contributed by atoms with Crippen molar-refractivity contribution in [2.45, 2.75) is 88.0 Å². The predicted octanol–water partition coefficient (Wildman–Crippen LogP) is 8.84. The number of rotatable bonds is 8. The number of hydrogen-bond donors (Lipinski definition) is 1. The molecule has 0 saturated heterocycles. The van der Waals surface area contributed by atoms with Crippen molar-refractivity contribution in [3.05, 3.63) is 88.2 Å². The lowest BCUT2D eigenvalue weighted by molar-refractivity contribution is -0.148. The van der Waals surface area contributed by atoms with Gasteiger partial charge in [-0.3, -0.25) is 4.98 Å². The van der Waals surface area contributed by atoms with E-state index in [1.807, 2.05) is 31.2 Å². The maximum atomic E-state index is 14.7. The fourth-order valence-electron chi connectivity index (χ4n) is 8.19. The van der Waals surface area contributed by atoms with Crippen LogP contribution in [0.15, 0.2) is 60.8 Å². The third kappa shape index (κ3) is 5.57. The highest BCUT2D eigenvalue weighted by atomic mass is 35.5. The van der Waals surface area contributed by atoms with Gasteiger partial charge in [-0.1, -0.05) is 55.8 Å². The number of benzene rings is 2. The summed E-state index contributed by atoms with van der Waals surface area (Å²) in [5, 5.41) is 4.12. The quantitative estimate of drug-likeness (QED) is 0.254. The van der Waals surface area contributed by atoms with E-state index in [4.69, 9.17) is 21.1 Å². The average Bonchev–Trinajstić information content (AvgIpc) is 3.31. The van der Waals surface area contributed by atoms with Crippen molar-refractivity contribution >= 4 is 23.3 Å². The van der Waals surface area contributed by atoms with E-state index in [1.165, 1.54) is 24.4 Å². The van der Waals surface area contributed by atoms with Gasteiger partial charge in [0.25, 0.3) is 5.92 Å². The van der Waals surface area contributed by atoms with Crippen molar-refractivity contribution < 1.29 is 23.0 Å². The Morgan fingerprint density at radius 1 is 1.09 bits per heavy atom. The van der Waals surface area contributed by atoms with Gasteiger partial charge in [-0.15, -0.1) is 0 Å². The van der Waals surface area contributed by atoms with Crippen LogP contribution in [-0.2, 0) is 27.3 Å². The molecule has 1 N–H and O–H groups in total. The number of carbonyl (C=O) groups is 1. The van der Waals surface area contributed by atoms with Crippen molar-refractivity contribution in [2.24, 2.45) is 11.8 Å². The van der Waals surface area contributed by atoms with E-state index in [2.05, 4.69) is 41.5 Å². The fourth-order valence-corrected chi connectivity index (χ4v) is 8.38. The maximum absolute atomic E-state index is 14.7. The molecule has 3 aliphatic rings. The Morgan fingerprint density at radius 3 is 2.61 bits per heavy atom. The molecule has 5 nitrogen and oxygen atoms in total. The predicted molar refractivity (Wildman–Crippen MR) is 169 cm³/mol. The first kappa shape index (κ1) is 30.8. The van der Waals surface area contributed by atoms with Crippen molar-refractivity contribution in [2.75, 3.05) is 19.0 Å². The first-order chi connectivity index (χ1) is 21.1. The van der Waals surface area contributed by atoms with Gasteiger partial charge in [-0.2, -0.15) is 8.78 Å². The van der Waals surface area contributed by atoms with Gasteiger partial charge in [-0.25, -0.2) is 4.79 Å². The van der Waals surface area contributed by atoms with Gasteiger partial charge in [0, 0.05) is 28.9 Å². The zero-order valence-electron chi connectivity index (χ0n) is 25.7. The van der Waals surface area contributed by atoms with E-state index in [9.17, 15) is 13.6 Å². The van der Waals surface area contributed by atoms with E-state index < -0.39 is 11.5 Å². The highest BCUT2D eigenvalue weighted by molar-refractivity contribution is 6.30. The summed E-state index contributed by atoms with van der Waals surface area (Å²) >= 11 is 6.26. The van der Waals surface area contributed by atoms with Gasteiger partial charge >= 0.3 is 5.97 Å². The lowest BCUT2D eigenvalue weighted by Crippen LogP contribution is -2.53. The van der Waals surface area contributed by atoms with Gasteiger partial charge in [0.1, 0.15) is 17.0 Å². The number of methoxy groups -OCH3 is 1. The third-order valence-corrected chi connectivity index (χ3v) is 10.7. The summed E-state index contributed by atoms with van der Waals surface area (Å²) in [5.74, 6) is -2.09. The van der Waals surface area contributed by atoms with Gasteiger partial charge in [0.15, 0.2) is 0 Å². The second-order valence-corrected chi connectivity index (χ2v) is 13.7. The number of hydrogen-bond acceptors (Lipinski definition) is 5. The number of fused-ring (bicyclic) bond motifs is 3. The zero-order chi connectivity index (χ0) is 31.1. The number of aromatic nitrogens is 1. The monoisotopic (exact) mass is 622 g/mol. The largest absolute Gasteiger partial charge is 0.493 e. The van der Waals surface area contributed by atoms with Crippen LogP contribution in [0.4, 0.5) is 14.5 Å². The van der Waals surface area contributed by atoms with Gasteiger partial charge in [0.2, 0.25) is 0 Å². The molecule has 6 rings (SSSR count). The molecule has 0 aliphatic heterocycles. The Labute approximate surface area is 263 Å². The molecule has 1 saturated carbocycles. The molecule has 1 fully saturated rings. The van der Waals surface area contributed by atoms with Crippen LogP contribution in [-0.4, -0.2) is 30.2 Å². The summed E-state index contributed by atoms with van der Waals surface area (Å²) in [5.41, 5.74) is 3.09. The minimum Gasteiger partial charge on any atom is -0.493 e. The Bertz CT molecular complexity index is 1520. The number of alkyl halides is 2. The van der Waals surface area contributed by atoms with Crippen LogP contribution in [0.2, 0.25) is 5.02 Å². The summed E-state index contributed by atoms with van der Waals surface area (Å²) in [7, 11) is 1.45. The molecule has 8 heteroatoms. The van der Waals surface area contributed by atoms with Crippen molar-refractivity contribution in [1.82, 2.24) is 4.98 Å². The van der Waals surface area contributed by atoms with Gasteiger partial charge < -0.3 is 14.8 Å². The Kier molecular flexibility index (Phi) is 8.38. The lowest BCUT2D eigenvalue weighted by Gasteiger charge is -2.47. The Hall–Kier alpha value is -3.19. The minimum atomic E-state index is -2.92. The highest BCUT2D eigenvalue weighted by Crippen LogP contribution is 2.56. The molecule has 0 unspecified atom stereocenters. The van der Waals surface area contributed by atoms with E-state index in [1.54, 1.807) is 6.07 Å². The molecule has 3 aliphatic carbocycles. The van der Waals surface area contributed by atoms with Crippen LogP contribution in [0.5, 0.6) is 5.75 Å². The van der Waals surface area contributed by atoms with Crippen LogP contribution >= 0.6 is 11.6 Å². The third-order valence-electron chi connectivity index (χ3n) is 10.5. The summed E-state index contributed by atoms with van der Waals surface area (Å²) in [6, 6.07) is 17.9. The molecule has 1 aromatic heterocycles. The Morgan fingerprint density at radius 2 is 1.86 bits per heavy atom.